The zero-order valence-electron chi connectivity index (χ0n) is 18.6. The number of aliphatic hydroxyl groups excluding tert-OH is 1. The highest BCUT2D eigenvalue weighted by molar-refractivity contribution is 6.06. The summed E-state index contributed by atoms with van der Waals surface area (Å²) >= 11 is 0. The lowest BCUT2D eigenvalue weighted by Gasteiger charge is -2.42. The summed E-state index contributed by atoms with van der Waals surface area (Å²) in [7, 11) is 0. The first-order chi connectivity index (χ1) is 17.2. The van der Waals surface area contributed by atoms with Crippen molar-refractivity contribution in [3.05, 3.63) is 96.6 Å². The van der Waals surface area contributed by atoms with Crippen molar-refractivity contribution in [2.75, 3.05) is 11.9 Å². The number of imidazole rings is 1. The first-order valence-corrected chi connectivity index (χ1v) is 11.4. The summed E-state index contributed by atoms with van der Waals surface area (Å²) in [4.78, 5) is 25.7. The summed E-state index contributed by atoms with van der Waals surface area (Å²) in [5.74, 6) is -0.0456. The molecule has 1 amide bonds. The third-order valence-electron chi connectivity index (χ3n) is 6.40. The Bertz CT molecular complexity index is 1370. The Labute approximate surface area is 201 Å². The molecule has 2 aliphatic rings. The third-order valence-corrected chi connectivity index (χ3v) is 6.40. The fourth-order valence-electron chi connectivity index (χ4n) is 4.61. The Morgan fingerprint density at radius 3 is 2.57 bits per heavy atom. The quantitative estimate of drug-likeness (QED) is 0.441. The number of aromatic nitrogens is 4. The Hall–Kier alpha value is -3.92. The van der Waals surface area contributed by atoms with Crippen LogP contribution in [-0.4, -0.2) is 49.3 Å². The number of fused-ring (bicyclic) bond motifs is 2. The maximum Gasteiger partial charge on any atom is 0.256 e. The third kappa shape index (κ3) is 3.99. The maximum absolute atomic E-state index is 12.6. The van der Waals surface area contributed by atoms with Crippen molar-refractivity contribution >= 4 is 22.9 Å². The molecule has 6 rings (SSSR count). The molecule has 176 valence electrons. The molecule has 2 aromatic heterocycles. The highest BCUT2D eigenvalue weighted by atomic mass is 16.7. The Kier molecular flexibility index (Phi) is 5.57. The number of carbonyl (C=O) groups is 1. The van der Waals surface area contributed by atoms with Crippen LogP contribution in [0.2, 0.25) is 0 Å². The van der Waals surface area contributed by atoms with Crippen LogP contribution in [0.5, 0.6) is 0 Å². The van der Waals surface area contributed by atoms with Crippen LogP contribution < -0.4 is 5.32 Å². The number of aliphatic hydroxyl groups is 1. The molecule has 4 aromatic rings. The number of amides is 1. The van der Waals surface area contributed by atoms with Gasteiger partial charge in [0.05, 0.1) is 25.1 Å². The van der Waals surface area contributed by atoms with E-state index in [9.17, 15) is 9.90 Å². The van der Waals surface area contributed by atoms with Crippen LogP contribution in [0.1, 0.15) is 28.3 Å². The van der Waals surface area contributed by atoms with Crippen molar-refractivity contribution in [1.29, 1.82) is 0 Å². The van der Waals surface area contributed by atoms with Gasteiger partial charge in [-0.2, -0.15) is 0 Å². The molecule has 0 radical (unpaired) electrons. The van der Waals surface area contributed by atoms with E-state index in [1.165, 1.54) is 6.33 Å². The van der Waals surface area contributed by atoms with Crippen molar-refractivity contribution in [3.8, 4) is 0 Å². The van der Waals surface area contributed by atoms with Crippen LogP contribution in [0.3, 0.4) is 0 Å². The molecule has 1 aliphatic heterocycles. The van der Waals surface area contributed by atoms with E-state index < -0.39 is 24.5 Å². The predicted octanol–water partition coefficient (Wildman–Crippen LogP) is 3.28. The smallest absolute Gasteiger partial charge is 0.256 e. The fourth-order valence-corrected chi connectivity index (χ4v) is 4.61. The molecule has 35 heavy (non-hydrogen) atoms. The number of anilines is 1. The summed E-state index contributed by atoms with van der Waals surface area (Å²) < 4.78 is 13.9. The SMILES string of the molecule is O=C(Nc1ncnc2c1ncn2[C@@H]1C=C[C@@H]2COC(c3ccccc3)O[C@H]2[C@H]1O)c1ccccc1. The lowest BCUT2D eigenvalue weighted by atomic mass is 9.86. The van der Waals surface area contributed by atoms with Gasteiger partial charge in [-0.1, -0.05) is 60.7 Å². The van der Waals surface area contributed by atoms with E-state index in [0.29, 0.717) is 29.2 Å². The Morgan fingerprint density at radius 2 is 1.77 bits per heavy atom. The first kappa shape index (κ1) is 21.6. The average Bonchev–Trinajstić information content (AvgIpc) is 3.35. The molecule has 2 N–H and O–H groups in total. The van der Waals surface area contributed by atoms with Gasteiger partial charge in [0.2, 0.25) is 0 Å². The van der Waals surface area contributed by atoms with Gasteiger partial charge in [-0.25, -0.2) is 15.0 Å². The summed E-state index contributed by atoms with van der Waals surface area (Å²) in [6.07, 6.45) is 5.06. The van der Waals surface area contributed by atoms with Gasteiger partial charge in [0.25, 0.3) is 5.91 Å². The summed E-state index contributed by atoms with van der Waals surface area (Å²) in [5.41, 5.74) is 2.36. The summed E-state index contributed by atoms with van der Waals surface area (Å²) in [6.45, 7) is 0.451. The summed E-state index contributed by atoms with van der Waals surface area (Å²) in [6, 6.07) is 18.1. The molecule has 5 atom stereocenters. The number of ether oxygens (including phenoxy) is 2. The maximum atomic E-state index is 12.6. The highest BCUT2D eigenvalue weighted by Gasteiger charge is 2.42. The van der Waals surface area contributed by atoms with E-state index in [1.807, 2.05) is 48.6 Å². The highest BCUT2D eigenvalue weighted by Crippen LogP contribution is 2.38. The van der Waals surface area contributed by atoms with Crippen LogP contribution in [0.4, 0.5) is 5.82 Å². The van der Waals surface area contributed by atoms with Crippen molar-refractivity contribution in [1.82, 2.24) is 19.5 Å². The molecule has 1 fully saturated rings. The van der Waals surface area contributed by atoms with Crippen molar-refractivity contribution in [2.24, 2.45) is 5.92 Å². The number of rotatable bonds is 4. The lowest BCUT2D eigenvalue weighted by molar-refractivity contribution is -0.258. The van der Waals surface area contributed by atoms with Gasteiger partial charge in [0.1, 0.15) is 12.4 Å². The molecule has 2 aromatic carbocycles. The minimum atomic E-state index is -0.852. The van der Waals surface area contributed by atoms with Gasteiger partial charge in [0, 0.05) is 17.0 Å². The second-order valence-corrected chi connectivity index (χ2v) is 8.57. The van der Waals surface area contributed by atoms with E-state index >= 15 is 0 Å². The molecule has 0 bridgehead atoms. The molecule has 9 heteroatoms. The Balaban J connectivity index is 1.27. The molecule has 3 heterocycles. The van der Waals surface area contributed by atoms with Gasteiger partial charge in [-0.3, -0.25) is 4.79 Å². The van der Waals surface area contributed by atoms with Crippen molar-refractivity contribution in [3.63, 3.8) is 0 Å². The molecule has 0 saturated carbocycles. The van der Waals surface area contributed by atoms with E-state index in [2.05, 4.69) is 20.3 Å². The number of carbonyl (C=O) groups excluding carboxylic acids is 1. The van der Waals surface area contributed by atoms with Gasteiger partial charge in [-0.05, 0) is 12.1 Å². The molecule has 1 unspecified atom stereocenters. The number of hydrogen-bond acceptors (Lipinski definition) is 7. The second-order valence-electron chi connectivity index (χ2n) is 8.57. The van der Waals surface area contributed by atoms with Crippen LogP contribution in [0.15, 0.2) is 85.5 Å². The molecular weight excluding hydrogens is 446 g/mol. The van der Waals surface area contributed by atoms with Gasteiger partial charge < -0.3 is 24.5 Å². The lowest BCUT2D eigenvalue weighted by Crippen LogP contribution is -2.48. The van der Waals surface area contributed by atoms with E-state index in [1.54, 1.807) is 35.2 Å². The van der Waals surface area contributed by atoms with E-state index in [4.69, 9.17) is 9.47 Å². The molecule has 9 nitrogen and oxygen atoms in total. The van der Waals surface area contributed by atoms with Crippen LogP contribution in [0.25, 0.3) is 11.2 Å². The van der Waals surface area contributed by atoms with E-state index in [0.717, 1.165) is 5.56 Å². The van der Waals surface area contributed by atoms with Crippen molar-refractivity contribution < 1.29 is 19.4 Å². The topological polar surface area (TPSA) is 111 Å². The minimum Gasteiger partial charge on any atom is -0.388 e. The van der Waals surface area contributed by atoms with Crippen molar-refractivity contribution in [2.45, 2.75) is 24.5 Å². The monoisotopic (exact) mass is 469 g/mol. The van der Waals surface area contributed by atoms with Crippen LogP contribution in [0, 0.1) is 5.92 Å². The molecular formula is C26H23N5O4. The van der Waals surface area contributed by atoms with E-state index in [-0.39, 0.29) is 11.8 Å². The summed E-state index contributed by atoms with van der Waals surface area (Å²) in [5, 5.41) is 14.1. The second kappa shape index (κ2) is 9.03. The van der Waals surface area contributed by atoms with Gasteiger partial charge >= 0.3 is 0 Å². The standard InChI is InChI=1S/C26H23N5O4/c32-21-19(12-11-18-13-34-26(35-22(18)21)17-9-5-2-6-10-17)31-15-29-20-23(27-14-28-24(20)31)30-25(33)16-7-3-1-4-8-16/h1-12,14-15,18-19,21-22,26,32H,13H2,(H,27,28,30,33)/t18-,19-,21+,22-,26?/m1/s1. The first-order valence-electron chi connectivity index (χ1n) is 11.4. The van der Waals surface area contributed by atoms with Crippen LogP contribution in [-0.2, 0) is 9.47 Å². The normalized spacial score (nSPS) is 25.8. The van der Waals surface area contributed by atoms with Gasteiger partial charge in [0.15, 0.2) is 23.3 Å². The van der Waals surface area contributed by atoms with Crippen LogP contribution >= 0.6 is 0 Å². The predicted molar refractivity (Wildman–Crippen MR) is 127 cm³/mol. The zero-order valence-corrected chi connectivity index (χ0v) is 18.6. The Morgan fingerprint density at radius 1 is 1.00 bits per heavy atom. The molecule has 1 aliphatic carbocycles. The largest absolute Gasteiger partial charge is 0.388 e. The number of hydrogen-bond donors (Lipinski definition) is 2. The molecule has 1 saturated heterocycles. The minimum absolute atomic E-state index is 0.0636. The number of nitrogens with zero attached hydrogens (tertiary/aromatic N) is 4. The zero-order chi connectivity index (χ0) is 23.8. The van der Waals surface area contributed by atoms with Gasteiger partial charge in [-0.15, -0.1) is 0 Å². The molecule has 0 spiro atoms. The average molecular weight is 470 g/mol. The number of benzene rings is 2. The number of nitrogens with one attached hydrogen (secondary N) is 1. The fraction of sp³-hybridized carbons (Fsp3) is 0.231.